The van der Waals surface area contributed by atoms with Crippen molar-refractivity contribution < 1.29 is 4.79 Å². The van der Waals surface area contributed by atoms with Gasteiger partial charge in [-0.25, -0.2) is 0 Å². The largest absolute Gasteiger partial charge is 0.303 e. The fourth-order valence-corrected chi connectivity index (χ4v) is 3.75. The van der Waals surface area contributed by atoms with Crippen LogP contribution in [0.25, 0.3) is 0 Å². The van der Waals surface area contributed by atoms with Crippen LogP contribution in [0.4, 0.5) is 0 Å². The quantitative estimate of drug-likeness (QED) is 0.319. The van der Waals surface area contributed by atoms with Crippen molar-refractivity contribution in [3.63, 3.8) is 0 Å². The Morgan fingerprint density at radius 2 is 1.75 bits per heavy atom. The molecule has 0 heterocycles. The van der Waals surface area contributed by atoms with Gasteiger partial charge in [-0.15, -0.1) is 0 Å². The van der Waals surface area contributed by atoms with E-state index in [0.717, 1.165) is 18.8 Å². The molecule has 86 valence electrons. The van der Waals surface area contributed by atoms with Gasteiger partial charge in [-0.05, 0) is 12.5 Å². The van der Waals surface area contributed by atoms with Crippen LogP contribution in [0.5, 0.6) is 0 Å². The molecule has 0 atom stereocenters. The fourth-order valence-electron chi connectivity index (χ4n) is 1.67. The number of hydrogen-bond donors (Lipinski definition) is 0. The Morgan fingerprint density at radius 3 is 2.38 bits per heavy atom. The van der Waals surface area contributed by atoms with Crippen molar-refractivity contribution in [1.29, 1.82) is 0 Å². The number of benzene rings is 1. The van der Waals surface area contributed by atoms with E-state index in [9.17, 15) is 4.79 Å². The first-order valence-corrected chi connectivity index (χ1v) is 9.02. The van der Waals surface area contributed by atoms with Gasteiger partial charge in [0.05, 0.1) is 8.07 Å². The standard InChI is InChI=1S/C14H20OSi/c1-16(2,13-9-4-3-8-12-15)14-10-6-5-7-11-14/h4-7,9-12H,3,8,13H2,1-2H3/b9-4+. The highest BCUT2D eigenvalue weighted by Crippen LogP contribution is 2.10. The molecule has 16 heavy (non-hydrogen) atoms. The van der Waals surface area contributed by atoms with Crippen molar-refractivity contribution in [3.05, 3.63) is 42.5 Å². The zero-order chi connectivity index (χ0) is 11.9. The van der Waals surface area contributed by atoms with Crippen molar-refractivity contribution >= 4 is 19.5 Å². The Kier molecular flexibility index (Phi) is 5.19. The number of carbonyl (C=O) groups is 1. The Bertz CT molecular complexity index is 341. The van der Waals surface area contributed by atoms with Gasteiger partial charge in [0, 0.05) is 6.42 Å². The average Bonchev–Trinajstić information content (AvgIpc) is 2.30. The van der Waals surface area contributed by atoms with Gasteiger partial charge in [0.1, 0.15) is 6.29 Å². The zero-order valence-corrected chi connectivity index (χ0v) is 11.1. The van der Waals surface area contributed by atoms with E-state index in [1.165, 1.54) is 5.19 Å². The second-order valence-electron chi connectivity index (χ2n) is 4.67. The number of rotatable bonds is 6. The molecule has 0 saturated carbocycles. The molecule has 0 fully saturated rings. The molecule has 0 bridgehead atoms. The summed E-state index contributed by atoms with van der Waals surface area (Å²) < 4.78 is 0. The number of allylic oxidation sites excluding steroid dienone is 2. The molecule has 0 aromatic heterocycles. The number of unbranched alkanes of at least 4 members (excludes halogenated alkanes) is 1. The van der Waals surface area contributed by atoms with Gasteiger partial charge in [0.25, 0.3) is 0 Å². The Morgan fingerprint density at radius 1 is 1.06 bits per heavy atom. The summed E-state index contributed by atoms with van der Waals surface area (Å²) in [5.41, 5.74) is 0. The molecule has 1 rings (SSSR count). The third-order valence-electron chi connectivity index (χ3n) is 2.80. The van der Waals surface area contributed by atoms with E-state index in [-0.39, 0.29) is 0 Å². The Balaban J connectivity index is 2.52. The van der Waals surface area contributed by atoms with Crippen molar-refractivity contribution in [2.24, 2.45) is 0 Å². The number of carbonyl (C=O) groups excluding carboxylic acids is 1. The summed E-state index contributed by atoms with van der Waals surface area (Å²) in [7, 11) is -1.31. The third kappa shape index (κ3) is 4.15. The minimum absolute atomic E-state index is 0.643. The molecule has 0 spiro atoms. The summed E-state index contributed by atoms with van der Waals surface area (Å²) in [4.78, 5) is 10.2. The lowest BCUT2D eigenvalue weighted by molar-refractivity contribution is -0.107. The van der Waals surface area contributed by atoms with E-state index < -0.39 is 8.07 Å². The van der Waals surface area contributed by atoms with Crippen molar-refractivity contribution in [1.82, 2.24) is 0 Å². The molecule has 0 amide bonds. The summed E-state index contributed by atoms with van der Waals surface area (Å²) in [5.74, 6) is 0. The lowest BCUT2D eigenvalue weighted by Crippen LogP contribution is -2.40. The van der Waals surface area contributed by atoms with Gasteiger partial charge >= 0.3 is 0 Å². The Labute approximate surface area is 99.2 Å². The second-order valence-corrected chi connectivity index (χ2v) is 9.42. The van der Waals surface area contributed by atoms with Crippen molar-refractivity contribution in [3.8, 4) is 0 Å². The van der Waals surface area contributed by atoms with Crippen LogP contribution in [0, 0.1) is 0 Å². The molecular formula is C14H20OSi. The molecular weight excluding hydrogens is 212 g/mol. The van der Waals surface area contributed by atoms with Crippen LogP contribution in [0.2, 0.25) is 19.1 Å². The van der Waals surface area contributed by atoms with Gasteiger partial charge in [-0.2, -0.15) is 0 Å². The van der Waals surface area contributed by atoms with Crippen LogP contribution in [0.15, 0.2) is 42.5 Å². The SMILES string of the molecule is C[Si](C)(C/C=C/CCC=O)c1ccccc1. The highest BCUT2D eigenvalue weighted by atomic mass is 28.3. The summed E-state index contributed by atoms with van der Waals surface area (Å²) in [6.07, 6.45) is 6.87. The topological polar surface area (TPSA) is 17.1 Å². The first kappa shape index (κ1) is 12.9. The van der Waals surface area contributed by atoms with E-state index >= 15 is 0 Å². The maximum atomic E-state index is 10.2. The van der Waals surface area contributed by atoms with Crippen LogP contribution in [0.1, 0.15) is 12.8 Å². The van der Waals surface area contributed by atoms with Crippen LogP contribution in [-0.4, -0.2) is 14.4 Å². The summed E-state index contributed by atoms with van der Waals surface area (Å²) in [6.45, 7) is 4.76. The predicted octanol–water partition coefficient (Wildman–Crippen LogP) is 3.14. The lowest BCUT2D eigenvalue weighted by atomic mass is 10.3. The highest BCUT2D eigenvalue weighted by Gasteiger charge is 2.20. The summed E-state index contributed by atoms with van der Waals surface area (Å²) in [6, 6.07) is 11.9. The van der Waals surface area contributed by atoms with E-state index in [1.54, 1.807) is 0 Å². The molecule has 2 heteroatoms. The van der Waals surface area contributed by atoms with Gasteiger partial charge < -0.3 is 4.79 Å². The fraction of sp³-hybridized carbons (Fsp3) is 0.357. The van der Waals surface area contributed by atoms with Gasteiger partial charge in [0.15, 0.2) is 0 Å². The van der Waals surface area contributed by atoms with Crippen molar-refractivity contribution in [2.45, 2.75) is 32.0 Å². The van der Waals surface area contributed by atoms with Gasteiger partial charge in [-0.1, -0.05) is 60.8 Å². The molecule has 0 aliphatic carbocycles. The monoisotopic (exact) mass is 232 g/mol. The summed E-state index contributed by atoms with van der Waals surface area (Å²) in [5, 5.41) is 1.50. The van der Waals surface area contributed by atoms with Crippen LogP contribution >= 0.6 is 0 Å². The molecule has 0 aliphatic rings. The molecule has 0 aliphatic heterocycles. The molecule has 0 unspecified atom stereocenters. The minimum atomic E-state index is -1.31. The van der Waals surface area contributed by atoms with Gasteiger partial charge in [0.2, 0.25) is 0 Å². The first-order valence-electron chi connectivity index (χ1n) is 5.81. The molecule has 0 radical (unpaired) electrons. The second kappa shape index (κ2) is 6.43. The normalized spacial score (nSPS) is 11.9. The Hall–Kier alpha value is -1.15. The van der Waals surface area contributed by atoms with E-state index in [4.69, 9.17) is 0 Å². The maximum Gasteiger partial charge on any atom is 0.120 e. The van der Waals surface area contributed by atoms with E-state index in [0.29, 0.717) is 6.42 Å². The first-order chi connectivity index (χ1) is 7.67. The third-order valence-corrected chi connectivity index (χ3v) is 5.95. The lowest BCUT2D eigenvalue weighted by Gasteiger charge is -2.20. The van der Waals surface area contributed by atoms with Gasteiger partial charge in [-0.3, -0.25) is 0 Å². The van der Waals surface area contributed by atoms with Crippen LogP contribution < -0.4 is 5.19 Å². The molecule has 0 saturated heterocycles. The predicted molar refractivity (Wildman–Crippen MR) is 72.8 cm³/mol. The van der Waals surface area contributed by atoms with Crippen LogP contribution in [-0.2, 0) is 4.79 Å². The smallest absolute Gasteiger partial charge is 0.120 e. The molecule has 1 nitrogen and oxygen atoms in total. The maximum absolute atomic E-state index is 10.2. The molecule has 1 aromatic rings. The van der Waals surface area contributed by atoms with Crippen molar-refractivity contribution in [2.75, 3.05) is 0 Å². The average molecular weight is 232 g/mol. The molecule has 1 aromatic carbocycles. The number of aldehydes is 1. The minimum Gasteiger partial charge on any atom is -0.303 e. The number of hydrogen-bond acceptors (Lipinski definition) is 1. The molecule has 0 N–H and O–H groups in total. The van der Waals surface area contributed by atoms with Crippen LogP contribution in [0.3, 0.4) is 0 Å². The highest BCUT2D eigenvalue weighted by molar-refractivity contribution is 6.90. The summed E-state index contributed by atoms with van der Waals surface area (Å²) >= 11 is 0. The van der Waals surface area contributed by atoms with E-state index in [2.05, 4.69) is 55.6 Å². The zero-order valence-electron chi connectivity index (χ0n) is 10.1. The van der Waals surface area contributed by atoms with E-state index in [1.807, 2.05) is 0 Å².